The molecule has 7 nitrogen and oxygen atoms in total. The Morgan fingerprint density at radius 3 is 2.18 bits per heavy atom. The third-order valence-corrected chi connectivity index (χ3v) is 6.05. The number of nitrogens with one attached hydrogen (secondary N) is 1. The minimum atomic E-state index is -0.645. The summed E-state index contributed by atoms with van der Waals surface area (Å²) in [6, 6.07) is 13.3. The lowest BCUT2D eigenvalue weighted by atomic mass is 10.1. The highest BCUT2D eigenvalue weighted by Crippen LogP contribution is 2.24. The molecular weight excluding hydrogens is 442 g/mol. The number of benzene rings is 2. The van der Waals surface area contributed by atoms with Crippen molar-refractivity contribution in [2.45, 2.75) is 45.7 Å². The summed E-state index contributed by atoms with van der Waals surface area (Å²) in [5, 5.41) is 3.31. The number of amides is 4. The molecule has 0 saturated carbocycles. The molecule has 0 radical (unpaired) electrons. The average Bonchev–Trinajstić information content (AvgIpc) is 3.05. The van der Waals surface area contributed by atoms with E-state index in [4.69, 9.17) is 11.6 Å². The Balaban J connectivity index is 1.71. The maximum atomic E-state index is 13.2. The quantitative estimate of drug-likeness (QED) is 0.538. The molecule has 0 aromatic heterocycles. The number of fused-ring (bicyclic) bond motifs is 1. The normalized spacial score (nSPS) is 13.6. The van der Waals surface area contributed by atoms with Gasteiger partial charge in [0.15, 0.2) is 0 Å². The Bertz CT molecular complexity index is 1020. The molecule has 174 valence electrons. The molecule has 1 N–H and O–H groups in total. The Hall–Kier alpha value is -3.19. The number of likely N-dealkylation sites (N-methyl/N-ethyl adjacent to an activating group) is 1. The summed E-state index contributed by atoms with van der Waals surface area (Å²) in [4.78, 5) is 53.7. The van der Waals surface area contributed by atoms with Gasteiger partial charge in [0.1, 0.15) is 6.04 Å². The van der Waals surface area contributed by atoms with E-state index in [1.807, 2.05) is 26.0 Å². The monoisotopic (exact) mass is 469 g/mol. The number of carbonyl (C=O) groups is 4. The van der Waals surface area contributed by atoms with Crippen LogP contribution in [0.25, 0.3) is 0 Å². The Kier molecular flexibility index (Phi) is 8.22. The summed E-state index contributed by atoms with van der Waals surface area (Å²) in [7, 11) is 0. The van der Waals surface area contributed by atoms with Gasteiger partial charge in [-0.2, -0.15) is 0 Å². The zero-order valence-corrected chi connectivity index (χ0v) is 19.6. The first kappa shape index (κ1) is 24.5. The van der Waals surface area contributed by atoms with Gasteiger partial charge in [-0.25, -0.2) is 0 Å². The van der Waals surface area contributed by atoms with E-state index in [1.54, 1.807) is 36.4 Å². The molecule has 2 aromatic rings. The van der Waals surface area contributed by atoms with Crippen LogP contribution in [0, 0.1) is 0 Å². The second-order valence-corrected chi connectivity index (χ2v) is 8.25. The van der Waals surface area contributed by atoms with Gasteiger partial charge in [-0.1, -0.05) is 48.9 Å². The number of imide groups is 1. The van der Waals surface area contributed by atoms with Crippen molar-refractivity contribution in [1.82, 2.24) is 15.1 Å². The summed E-state index contributed by atoms with van der Waals surface area (Å²) in [5.74, 6) is -1.14. The van der Waals surface area contributed by atoms with Crippen molar-refractivity contribution in [3.05, 3.63) is 70.2 Å². The molecule has 1 heterocycles. The standard InChI is InChI=1S/C25H28ClN3O4/c1-3-21(23(31)27-4-2)29(16-17-10-5-8-13-20(17)26)22(30)14-9-15-28-24(32)18-11-6-7-12-19(18)25(28)33/h5-8,10-13,21H,3-4,9,14-16H2,1-2H3,(H,27,31). The molecule has 3 rings (SSSR count). The second-order valence-electron chi connectivity index (χ2n) is 7.84. The van der Waals surface area contributed by atoms with E-state index >= 15 is 0 Å². The molecule has 33 heavy (non-hydrogen) atoms. The van der Waals surface area contributed by atoms with Crippen LogP contribution in [0.15, 0.2) is 48.5 Å². The topological polar surface area (TPSA) is 86.8 Å². The Morgan fingerprint density at radius 2 is 1.61 bits per heavy atom. The third-order valence-electron chi connectivity index (χ3n) is 5.69. The van der Waals surface area contributed by atoms with Crippen LogP contribution in [-0.4, -0.2) is 52.6 Å². The molecule has 4 amide bonds. The van der Waals surface area contributed by atoms with Crippen LogP contribution in [0.3, 0.4) is 0 Å². The van der Waals surface area contributed by atoms with Crippen LogP contribution in [0.5, 0.6) is 0 Å². The van der Waals surface area contributed by atoms with Crippen LogP contribution in [0.4, 0.5) is 0 Å². The van der Waals surface area contributed by atoms with Gasteiger partial charge >= 0.3 is 0 Å². The maximum Gasteiger partial charge on any atom is 0.261 e. The van der Waals surface area contributed by atoms with Crippen molar-refractivity contribution < 1.29 is 19.2 Å². The van der Waals surface area contributed by atoms with Gasteiger partial charge in [-0.05, 0) is 43.5 Å². The van der Waals surface area contributed by atoms with E-state index < -0.39 is 6.04 Å². The largest absolute Gasteiger partial charge is 0.355 e. The SMILES string of the molecule is CCNC(=O)C(CC)N(Cc1ccccc1Cl)C(=O)CCCN1C(=O)c2ccccc2C1=O. The van der Waals surface area contributed by atoms with Gasteiger partial charge in [0.2, 0.25) is 11.8 Å². The molecule has 1 aliphatic rings. The number of rotatable bonds is 10. The predicted octanol–water partition coefficient (Wildman–Crippen LogP) is 3.66. The molecule has 2 aromatic carbocycles. The first-order chi connectivity index (χ1) is 15.9. The van der Waals surface area contributed by atoms with Gasteiger partial charge in [0, 0.05) is 31.1 Å². The molecule has 1 aliphatic heterocycles. The number of hydrogen-bond donors (Lipinski definition) is 1. The van der Waals surface area contributed by atoms with E-state index in [0.717, 1.165) is 5.56 Å². The molecule has 0 saturated heterocycles. The van der Waals surface area contributed by atoms with Crippen molar-refractivity contribution in [1.29, 1.82) is 0 Å². The zero-order valence-electron chi connectivity index (χ0n) is 18.8. The van der Waals surface area contributed by atoms with Crippen LogP contribution in [0.1, 0.15) is 59.4 Å². The lowest BCUT2D eigenvalue weighted by molar-refractivity contribution is -0.141. The fourth-order valence-corrected chi connectivity index (χ4v) is 4.19. The summed E-state index contributed by atoms with van der Waals surface area (Å²) in [6.45, 7) is 4.47. The van der Waals surface area contributed by atoms with Crippen LogP contribution >= 0.6 is 11.6 Å². The smallest absolute Gasteiger partial charge is 0.261 e. The highest BCUT2D eigenvalue weighted by Gasteiger charge is 2.35. The molecule has 0 spiro atoms. The number of hydrogen-bond acceptors (Lipinski definition) is 4. The van der Waals surface area contributed by atoms with Gasteiger partial charge in [-0.3, -0.25) is 24.1 Å². The van der Waals surface area contributed by atoms with Crippen LogP contribution in [0.2, 0.25) is 5.02 Å². The predicted molar refractivity (Wildman–Crippen MR) is 126 cm³/mol. The van der Waals surface area contributed by atoms with E-state index in [9.17, 15) is 19.2 Å². The molecule has 0 bridgehead atoms. The van der Waals surface area contributed by atoms with Crippen LogP contribution in [-0.2, 0) is 16.1 Å². The Labute approximate surface area is 198 Å². The van der Waals surface area contributed by atoms with Gasteiger partial charge < -0.3 is 10.2 Å². The molecule has 0 fully saturated rings. The van der Waals surface area contributed by atoms with E-state index in [1.165, 1.54) is 9.80 Å². The number of nitrogens with zero attached hydrogens (tertiary/aromatic N) is 2. The van der Waals surface area contributed by atoms with Crippen molar-refractivity contribution in [2.24, 2.45) is 0 Å². The van der Waals surface area contributed by atoms with Gasteiger partial charge in [0.25, 0.3) is 11.8 Å². The number of halogens is 1. The molecular formula is C25H28ClN3O4. The molecule has 0 aliphatic carbocycles. The highest BCUT2D eigenvalue weighted by atomic mass is 35.5. The molecule has 1 atom stereocenters. The third kappa shape index (κ3) is 5.42. The van der Waals surface area contributed by atoms with E-state index in [-0.39, 0.29) is 43.1 Å². The second kappa shape index (κ2) is 11.1. The minimum Gasteiger partial charge on any atom is -0.355 e. The summed E-state index contributed by atoms with van der Waals surface area (Å²) in [5.41, 5.74) is 1.52. The fraction of sp³-hybridized carbons (Fsp3) is 0.360. The number of carbonyl (C=O) groups excluding carboxylic acids is 4. The van der Waals surface area contributed by atoms with Gasteiger partial charge in [0.05, 0.1) is 11.1 Å². The van der Waals surface area contributed by atoms with Crippen LogP contribution < -0.4 is 5.32 Å². The summed E-state index contributed by atoms with van der Waals surface area (Å²) >= 11 is 6.31. The first-order valence-electron chi connectivity index (χ1n) is 11.1. The lowest BCUT2D eigenvalue weighted by Gasteiger charge is -2.31. The zero-order chi connectivity index (χ0) is 24.0. The highest BCUT2D eigenvalue weighted by molar-refractivity contribution is 6.31. The molecule has 8 heteroatoms. The van der Waals surface area contributed by atoms with Crippen molar-refractivity contribution in [3.63, 3.8) is 0 Å². The van der Waals surface area contributed by atoms with Crippen molar-refractivity contribution >= 4 is 35.2 Å². The first-order valence-corrected chi connectivity index (χ1v) is 11.5. The Morgan fingerprint density at radius 1 is 1.00 bits per heavy atom. The van der Waals surface area contributed by atoms with Crippen molar-refractivity contribution in [3.8, 4) is 0 Å². The van der Waals surface area contributed by atoms with Crippen molar-refractivity contribution in [2.75, 3.05) is 13.1 Å². The average molecular weight is 470 g/mol. The lowest BCUT2D eigenvalue weighted by Crippen LogP contribution is -2.49. The van der Waals surface area contributed by atoms with Gasteiger partial charge in [-0.15, -0.1) is 0 Å². The summed E-state index contributed by atoms with van der Waals surface area (Å²) < 4.78 is 0. The minimum absolute atomic E-state index is 0.0910. The summed E-state index contributed by atoms with van der Waals surface area (Å²) in [6.07, 6.45) is 0.837. The fourth-order valence-electron chi connectivity index (χ4n) is 4.00. The molecule has 1 unspecified atom stereocenters. The maximum absolute atomic E-state index is 13.2. The van der Waals surface area contributed by atoms with E-state index in [0.29, 0.717) is 35.5 Å². The van der Waals surface area contributed by atoms with E-state index in [2.05, 4.69) is 5.32 Å².